The highest BCUT2D eigenvalue weighted by Gasteiger charge is 2.36. The molecule has 9 rings (SSSR count). The van der Waals surface area contributed by atoms with Gasteiger partial charge in [-0.1, -0.05) is 48.5 Å². The zero-order valence-electron chi connectivity index (χ0n) is 29.4. The van der Waals surface area contributed by atoms with Gasteiger partial charge >= 0.3 is 0 Å². The lowest BCUT2D eigenvalue weighted by molar-refractivity contribution is -0.135. The Morgan fingerprint density at radius 3 is 2.79 bits per heavy atom. The molecule has 0 bridgehead atoms. The molecule has 3 aliphatic heterocycles. The number of carbonyl (C=O) groups is 1. The maximum absolute atomic E-state index is 14.1. The Hall–Kier alpha value is -5.07. The molecule has 0 radical (unpaired) electrons. The molecule has 2 saturated heterocycles. The van der Waals surface area contributed by atoms with Crippen molar-refractivity contribution in [2.24, 2.45) is 5.92 Å². The van der Waals surface area contributed by atoms with Crippen LogP contribution < -0.4 is 15.4 Å². The highest BCUT2D eigenvalue weighted by Crippen LogP contribution is 2.43. The maximum Gasteiger partial charge on any atom is 0.244 e. The van der Waals surface area contributed by atoms with E-state index < -0.39 is 6.04 Å². The van der Waals surface area contributed by atoms with Gasteiger partial charge in [0.25, 0.3) is 0 Å². The third-order valence-electron chi connectivity index (χ3n) is 10.9. The molecule has 0 saturated carbocycles. The van der Waals surface area contributed by atoms with Crippen LogP contribution in [0, 0.1) is 5.92 Å². The Morgan fingerprint density at radius 1 is 1.02 bits per heavy atom. The van der Waals surface area contributed by atoms with Crippen molar-refractivity contribution >= 4 is 27.7 Å². The molecule has 4 atom stereocenters. The van der Waals surface area contributed by atoms with Crippen LogP contribution in [0.4, 0.5) is 0 Å². The van der Waals surface area contributed by atoms with Crippen molar-refractivity contribution in [3.05, 3.63) is 102 Å². The van der Waals surface area contributed by atoms with Gasteiger partial charge in [-0.3, -0.25) is 10.1 Å². The second kappa shape index (κ2) is 13.8. The Morgan fingerprint density at radius 2 is 1.92 bits per heavy atom. The number of aromatic amines is 2. The number of nitrogens with zero attached hydrogens (tertiary/aromatic N) is 3. The van der Waals surface area contributed by atoms with Gasteiger partial charge in [0.15, 0.2) is 0 Å². The summed E-state index contributed by atoms with van der Waals surface area (Å²) in [5.41, 5.74) is 8.23. The topological polar surface area (TPSA) is 129 Å². The van der Waals surface area contributed by atoms with Gasteiger partial charge in [0.2, 0.25) is 5.91 Å². The van der Waals surface area contributed by atoms with Gasteiger partial charge in [0.1, 0.15) is 30.0 Å². The van der Waals surface area contributed by atoms with Crippen LogP contribution in [0.3, 0.4) is 0 Å². The lowest BCUT2D eigenvalue weighted by Gasteiger charge is -2.28. The van der Waals surface area contributed by atoms with E-state index in [0.29, 0.717) is 19.1 Å². The van der Waals surface area contributed by atoms with E-state index in [4.69, 9.17) is 24.2 Å². The summed E-state index contributed by atoms with van der Waals surface area (Å²) in [6.45, 7) is 3.14. The molecule has 266 valence electrons. The average Bonchev–Trinajstić information content (AvgIpc) is 4.01. The van der Waals surface area contributed by atoms with Gasteiger partial charge in [-0.05, 0) is 77.1 Å². The summed E-state index contributed by atoms with van der Waals surface area (Å²) >= 11 is 0. The standard InChI is InChI=1S/C41H43N7O4/c1-50-21-24-15-33(42-19-24)39-43-20-34(46-39)27-10-12-29-28(16-27)22-52-36-18-30-26(17-31(29)36)11-13-32-38(30)47-40(45-32)35-9-6-14-48(35)41(49)37(44-23-51-2)25-7-4-3-5-8-25/h3-5,7-8,10-13,16-18,20,24,33,35,37,42,44H,6,9,14-15,19,21-23H2,1-2H3,(H,43,46)(H,45,47)/t24-,33-,35-,37+/m0/s1. The number of fused-ring (bicyclic) bond motifs is 6. The smallest absolute Gasteiger partial charge is 0.244 e. The molecule has 5 heterocycles. The number of imidazole rings is 2. The van der Waals surface area contributed by atoms with E-state index in [2.05, 4.69) is 63.1 Å². The first-order valence-corrected chi connectivity index (χ1v) is 18.2. The van der Waals surface area contributed by atoms with Gasteiger partial charge in [0, 0.05) is 38.3 Å². The number of hydrogen-bond acceptors (Lipinski definition) is 8. The fourth-order valence-corrected chi connectivity index (χ4v) is 8.32. The number of carbonyl (C=O) groups excluding carboxylic acids is 1. The molecule has 3 aliphatic rings. The second-order valence-corrected chi connectivity index (χ2v) is 14.2. The molecule has 1 amide bonds. The number of aromatic nitrogens is 4. The molecule has 4 aromatic carbocycles. The minimum Gasteiger partial charge on any atom is -0.488 e. The second-order valence-electron chi connectivity index (χ2n) is 14.2. The van der Waals surface area contributed by atoms with Crippen LogP contribution in [-0.4, -0.2) is 71.4 Å². The van der Waals surface area contributed by atoms with Crippen LogP contribution in [0.25, 0.3) is 44.2 Å². The van der Waals surface area contributed by atoms with Crippen LogP contribution in [0.5, 0.6) is 5.75 Å². The van der Waals surface area contributed by atoms with Gasteiger partial charge in [-0.25, -0.2) is 9.97 Å². The molecule has 4 N–H and O–H groups in total. The molecule has 0 spiro atoms. The van der Waals surface area contributed by atoms with Gasteiger partial charge in [-0.15, -0.1) is 0 Å². The lowest BCUT2D eigenvalue weighted by atomic mass is 9.92. The molecule has 0 unspecified atom stereocenters. The monoisotopic (exact) mass is 697 g/mol. The summed E-state index contributed by atoms with van der Waals surface area (Å²) in [6.07, 6.45) is 4.70. The van der Waals surface area contributed by atoms with E-state index in [-0.39, 0.29) is 24.7 Å². The van der Waals surface area contributed by atoms with E-state index in [1.807, 2.05) is 41.4 Å². The van der Waals surface area contributed by atoms with Crippen molar-refractivity contribution in [2.75, 3.05) is 40.6 Å². The highest BCUT2D eigenvalue weighted by atomic mass is 16.5. The molecule has 11 heteroatoms. The summed E-state index contributed by atoms with van der Waals surface area (Å²) < 4.78 is 17.1. The number of H-pyrrole nitrogens is 2. The normalized spacial score (nSPS) is 20.3. The number of hydrogen-bond donors (Lipinski definition) is 4. The summed E-state index contributed by atoms with van der Waals surface area (Å²) in [7, 11) is 3.38. The third kappa shape index (κ3) is 5.93. The largest absolute Gasteiger partial charge is 0.488 e. The third-order valence-corrected chi connectivity index (χ3v) is 10.9. The zero-order chi connectivity index (χ0) is 35.2. The average molecular weight is 698 g/mol. The lowest BCUT2D eigenvalue weighted by Crippen LogP contribution is -2.41. The van der Waals surface area contributed by atoms with Crippen molar-refractivity contribution < 1.29 is 19.0 Å². The molecular weight excluding hydrogens is 654 g/mol. The predicted octanol–water partition coefficient (Wildman–Crippen LogP) is 6.56. The molecule has 2 fully saturated rings. The van der Waals surface area contributed by atoms with Gasteiger partial charge in [-0.2, -0.15) is 0 Å². The molecule has 0 aliphatic carbocycles. The summed E-state index contributed by atoms with van der Waals surface area (Å²) in [6, 6.07) is 24.5. The number of amides is 1. The van der Waals surface area contributed by atoms with Crippen LogP contribution in [0.15, 0.2) is 79.0 Å². The van der Waals surface area contributed by atoms with Crippen molar-refractivity contribution in [3.8, 4) is 28.1 Å². The first kappa shape index (κ1) is 32.8. The van der Waals surface area contributed by atoms with E-state index in [1.54, 1.807) is 14.2 Å². The van der Waals surface area contributed by atoms with Crippen molar-refractivity contribution in [1.29, 1.82) is 0 Å². The Bertz CT molecular complexity index is 2250. The number of nitrogens with one attached hydrogen (secondary N) is 4. The van der Waals surface area contributed by atoms with Crippen molar-refractivity contribution in [3.63, 3.8) is 0 Å². The molecule has 52 heavy (non-hydrogen) atoms. The van der Waals surface area contributed by atoms with Crippen LogP contribution in [0.1, 0.15) is 60.2 Å². The van der Waals surface area contributed by atoms with Crippen molar-refractivity contribution in [2.45, 2.75) is 44.0 Å². The highest BCUT2D eigenvalue weighted by molar-refractivity contribution is 6.07. The number of likely N-dealkylation sites (tertiary alicyclic amines) is 1. The van der Waals surface area contributed by atoms with Crippen LogP contribution >= 0.6 is 0 Å². The quantitative estimate of drug-likeness (QED) is 0.119. The Kier molecular flexibility index (Phi) is 8.72. The maximum atomic E-state index is 14.1. The molecule has 6 aromatic rings. The molecular formula is C41H43N7O4. The first-order chi connectivity index (χ1) is 25.6. The van der Waals surface area contributed by atoms with Gasteiger partial charge in [0.05, 0.1) is 48.3 Å². The van der Waals surface area contributed by atoms with Crippen LogP contribution in [0.2, 0.25) is 0 Å². The number of benzene rings is 4. The summed E-state index contributed by atoms with van der Waals surface area (Å²) in [5, 5.41) is 9.00. The summed E-state index contributed by atoms with van der Waals surface area (Å²) in [4.78, 5) is 33.0. The summed E-state index contributed by atoms with van der Waals surface area (Å²) in [5.74, 6) is 3.16. The van der Waals surface area contributed by atoms with Crippen molar-refractivity contribution in [1.82, 2.24) is 35.5 Å². The zero-order valence-corrected chi connectivity index (χ0v) is 29.4. The first-order valence-electron chi connectivity index (χ1n) is 18.2. The van der Waals surface area contributed by atoms with Crippen LogP contribution in [-0.2, 0) is 20.9 Å². The number of rotatable bonds is 10. The van der Waals surface area contributed by atoms with E-state index in [1.165, 1.54) is 5.56 Å². The van der Waals surface area contributed by atoms with Gasteiger partial charge < -0.3 is 34.4 Å². The fourth-order valence-electron chi connectivity index (χ4n) is 8.32. The number of ether oxygens (including phenoxy) is 3. The SMILES string of the molecule is COCN[C@@H](C(=O)N1CCC[C@H]1c1nc2ccc3cc4c(cc3c2[nH]1)OCc1cc(-c2cnc([C@@H]3C[C@H](COC)CN3)[nH]2)ccc1-4)c1ccccc1. The number of methoxy groups -OCH3 is 2. The minimum absolute atomic E-state index is 0.0234. The Labute approximate surface area is 302 Å². The minimum atomic E-state index is -0.505. The Balaban J connectivity index is 0.985. The molecule has 11 nitrogen and oxygen atoms in total. The van der Waals surface area contributed by atoms with E-state index in [0.717, 1.165) is 99.6 Å². The van der Waals surface area contributed by atoms with E-state index >= 15 is 0 Å². The molecule has 2 aromatic heterocycles. The van der Waals surface area contributed by atoms with E-state index in [9.17, 15) is 4.79 Å². The fraction of sp³-hybridized carbons (Fsp3) is 0.341. The predicted molar refractivity (Wildman–Crippen MR) is 200 cm³/mol.